The van der Waals surface area contributed by atoms with Crippen LogP contribution in [-0.2, 0) is 0 Å². The summed E-state index contributed by atoms with van der Waals surface area (Å²) in [5.41, 5.74) is 7.83. The fraction of sp³-hybridized carbons (Fsp3) is 0.500. The van der Waals surface area contributed by atoms with E-state index in [0.29, 0.717) is 18.2 Å². The lowest BCUT2D eigenvalue weighted by Crippen LogP contribution is -2.09. The van der Waals surface area contributed by atoms with E-state index in [1.54, 1.807) is 6.07 Å². The molecule has 0 aliphatic carbocycles. The third kappa shape index (κ3) is 1.97. The van der Waals surface area contributed by atoms with E-state index in [-0.39, 0.29) is 6.04 Å². The molecule has 2 rings (SSSR count). The molecule has 1 unspecified atom stereocenters. The maximum absolute atomic E-state index is 6.20. The van der Waals surface area contributed by atoms with Gasteiger partial charge in [0.2, 0.25) is 0 Å². The molecule has 1 aromatic carbocycles. The van der Waals surface area contributed by atoms with Gasteiger partial charge in [0.05, 0.1) is 13.2 Å². The zero-order valence-electron chi connectivity index (χ0n) is 9.55. The summed E-state index contributed by atoms with van der Waals surface area (Å²) >= 11 is 6.20. The zero-order chi connectivity index (χ0) is 11.7. The number of halogens is 1. The fourth-order valence-corrected chi connectivity index (χ4v) is 2.42. The van der Waals surface area contributed by atoms with Crippen LogP contribution in [0.3, 0.4) is 0 Å². The lowest BCUT2D eigenvalue weighted by Gasteiger charge is -2.17. The molecule has 0 bridgehead atoms. The first-order chi connectivity index (χ1) is 7.61. The van der Waals surface area contributed by atoms with Crippen molar-refractivity contribution in [2.75, 3.05) is 13.2 Å². The molecule has 0 amide bonds. The molecule has 0 saturated carbocycles. The lowest BCUT2D eigenvalue weighted by atomic mass is 10.0. The predicted molar refractivity (Wildman–Crippen MR) is 64.4 cm³/mol. The van der Waals surface area contributed by atoms with E-state index in [9.17, 15) is 0 Å². The Balaban J connectivity index is 2.56. The van der Waals surface area contributed by atoms with E-state index in [0.717, 1.165) is 29.0 Å². The molecule has 1 aliphatic rings. The fourth-order valence-electron chi connectivity index (χ4n) is 2.01. The second-order valence-corrected chi connectivity index (χ2v) is 4.47. The van der Waals surface area contributed by atoms with Gasteiger partial charge < -0.3 is 15.2 Å². The standard InChI is InChI=1S/C12H16ClNO2/c1-7-11(8(2)14)9(13)6-10-12(7)16-5-3-4-15-10/h6,8H,3-5,14H2,1-2H3. The molecule has 1 aliphatic heterocycles. The Morgan fingerprint density at radius 2 is 2.06 bits per heavy atom. The lowest BCUT2D eigenvalue weighted by molar-refractivity contribution is 0.296. The molecule has 0 spiro atoms. The minimum absolute atomic E-state index is 0.107. The maximum Gasteiger partial charge on any atom is 0.164 e. The summed E-state index contributed by atoms with van der Waals surface area (Å²) in [6.07, 6.45) is 0.888. The summed E-state index contributed by atoms with van der Waals surface area (Å²) in [5, 5.41) is 0.650. The van der Waals surface area contributed by atoms with E-state index in [1.807, 2.05) is 13.8 Å². The summed E-state index contributed by atoms with van der Waals surface area (Å²) in [7, 11) is 0. The summed E-state index contributed by atoms with van der Waals surface area (Å²) in [5.74, 6) is 1.51. The third-order valence-corrected chi connectivity index (χ3v) is 3.04. The Kier molecular flexibility index (Phi) is 3.26. The molecule has 1 heterocycles. The van der Waals surface area contributed by atoms with Crippen molar-refractivity contribution < 1.29 is 9.47 Å². The van der Waals surface area contributed by atoms with E-state index < -0.39 is 0 Å². The molecular weight excluding hydrogens is 226 g/mol. The Morgan fingerprint density at radius 1 is 1.38 bits per heavy atom. The number of hydrogen-bond acceptors (Lipinski definition) is 3. The SMILES string of the molecule is Cc1c2c(cc(Cl)c1C(C)N)OCCCO2. The number of hydrogen-bond donors (Lipinski definition) is 1. The van der Waals surface area contributed by atoms with Crippen molar-refractivity contribution in [2.24, 2.45) is 5.73 Å². The molecule has 1 atom stereocenters. The monoisotopic (exact) mass is 241 g/mol. The molecule has 16 heavy (non-hydrogen) atoms. The van der Waals surface area contributed by atoms with Gasteiger partial charge in [-0.2, -0.15) is 0 Å². The number of ether oxygens (including phenoxy) is 2. The van der Waals surface area contributed by atoms with Crippen molar-refractivity contribution in [3.8, 4) is 11.5 Å². The normalized spacial score (nSPS) is 16.8. The first-order valence-electron chi connectivity index (χ1n) is 5.45. The minimum atomic E-state index is -0.107. The van der Waals surface area contributed by atoms with E-state index in [2.05, 4.69) is 0 Å². The van der Waals surface area contributed by atoms with Gasteiger partial charge in [0.15, 0.2) is 11.5 Å². The first-order valence-corrected chi connectivity index (χ1v) is 5.83. The van der Waals surface area contributed by atoms with Crippen LogP contribution in [0.4, 0.5) is 0 Å². The largest absolute Gasteiger partial charge is 0.489 e. The van der Waals surface area contributed by atoms with Gasteiger partial charge in [0.25, 0.3) is 0 Å². The van der Waals surface area contributed by atoms with Crippen LogP contribution in [0.1, 0.15) is 30.5 Å². The average Bonchev–Trinajstić information content (AvgIpc) is 2.42. The van der Waals surface area contributed by atoms with Crippen LogP contribution in [0.15, 0.2) is 6.07 Å². The highest BCUT2D eigenvalue weighted by Crippen LogP contribution is 2.40. The highest BCUT2D eigenvalue weighted by molar-refractivity contribution is 6.31. The van der Waals surface area contributed by atoms with Gasteiger partial charge in [-0.3, -0.25) is 0 Å². The molecule has 0 aromatic heterocycles. The number of benzene rings is 1. The van der Waals surface area contributed by atoms with Crippen LogP contribution < -0.4 is 15.2 Å². The maximum atomic E-state index is 6.20. The molecule has 0 fully saturated rings. The van der Waals surface area contributed by atoms with E-state index in [4.69, 9.17) is 26.8 Å². The number of rotatable bonds is 1. The van der Waals surface area contributed by atoms with E-state index in [1.165, 1.54) is 0 Å². The van der Waals surface area contributed by atoms with Gasteiger partial charge in [-0.05, 0) is 19.4 Å². The van der Waals surface area contributed by atoms with Crippen LogP contribution in [-0.4, -0.2) is 13.2 Å². The molecule has 2 N–H and O–H groups in total. The van der Waals surface area contributed by atoms with Gasteiger partial charge in [-0.25, -0.2) is 0 Å². The Hall–Kier alpha value is -0.930. The van der Waals surface area contributed by atoms with Gasteiger partial charge >= 0.3 is 0 Å². The van der Waals surface area contributed by atoms with Crippen molar-refractivity contribution >= 4 is 11.6 Å². The van der Waals surface area contributed by atoms with Crippen LogP contribution in [0, 0.1) is 6.92 Å². The Labute approximate surface area is 100 Å². The quantitative estimate of drug-likeness (QED) is 0.822. The van der Waals surface area contributed by atoms with Crippen molar-refractivity contribution in [3.05, 3.63) is 22.2 Å². The molecule has 0 radical (unpaired) electrons. The second-order valence-electron chi connectivity index (χ2n) is 4.06. The molecule has 0 saturated heterocycles. The molecule has 88 valence electrons. The highest BCUT2D eigenvalue weighted by atomic mass is 35.5. The molecule has 4 heteroatoms. The number of fused-ring (bicyclic) bond motifs is 1. The van der Waals surface area contributed by atoms with Crippen molar-refractivity contribution in [3.63, 3.8) is 0 Å². The van der Waals surface area contributed by atoms with Crippen LogP contribution in [0.2, 0.25) is 5.02 Å². The molecular formula is C12H16ClNO2. The highest BCUT2D eigenvalue weighted by Gasteiger charge is 2.20. The third-order valence-electron chi connectivity index (χ3n) is 2.73. The Bertz CT molecular complexity index is 404. The smallest absolute Gasteiger partial charge is 0.164 e. The summed E-state index contributed by atoms with van der Waals surface area (Å²) in [6.45, 7) is 5.23. The van der Waals surface area contributed by atoms with Gasteiger partial charge in [-0.15, -0.1) is 0 Å². The topological polar surface area (TPSA) is 44.5 Å². The van der Waals surface area contributed by atoms with Crippen LogP contribution in [0.25, 0.3) is 0 Å². The molecule has 3 nitrogen and oxygen atoms in total. The average molecular weight is 242 g/mol. The van der Waals surface area contributed by atoms with Gasteiger partial charge in [-0.1, -0.05) is 11.6 Å². The summed E-state index contributed by atoms with van der Waals surface area (Å²) in [4.78, 5) is 0. The van der Waals surface area contributed by atoms with E-state index >= 15 is 0 Å². The van der Waals surface area contributed by atoms with Crippen LogP contribution in [0.5, 0.6) is 11.5 Å². The molecule has 1 aromatic rings. The minimum Gasteiger partial charge on any atom is -0.489 e. The van der Waals surface area contributed by atoms with Crippen LogP contribution >= 0.6 is 11.6 Å². The summed E-state index contributed by atoms with van der Waals surface area (Å²) < 4.78 is 11.3. The first kappa shape index (κ1) is 11.6. The van der Waals surface area contributed by atoms with Gasteiger partial charge in [0, 0.05) is 29.1 Å². The van der Waals surface area contributed by atoms with Crippen molar-refractivity contribution in [1.82, 2.24) is 0 Å². The zero-order valence-corrected chi connectivity index (χ0v) is 10.3. The van der Waals surface area contributed by atoms with Crippen molar-refractivity contribution in [2.45, 2.75) is 26.3 Å². The predicted octanol–water partition coefficient (Wildman–Crippen LogP) is 2.83. The second kappa shape index (κ2) is 4.52. The number of nitrogens with two attached hydrogens (primary N) is 1. The van der Waals surface area contributed by atoms with Crippen molar-refractivity contribution in [1.29, 1.82) is 0 Å². The van der Waals surface area contributed by atoms with Gasteiger partial charge in [0.1, 0.15) is 0 Å². The Morgan fingerprint density at radius 3 is 2.75 bits per heavy atom. The summed E-state index contributed by atoms with van der Waals surface area (Å²) in [6, 6.07) is 1.69.